The first-order chi connectivity index (χ1) is 7.03. The fraction of sp³-hybridized carbons (Fsp3) is 0.500. The monoisotopic (exact) mass is 209 g/mol. The summed E-state index contributed by atoms with van der Waals surface area (Å²) in [4.78, 5) is 0. The number of phenolic OH excluding ortho intramolecular Hbond substituents is 1. The van der Waals surface area contributed by atoms with Crippen molar-refractivity contribution >= 4 is 0 Å². The molecule has 3 heteroatoms. The molecule has 0 saturated carbocycles. The summed E-state index contributed by atoms with van der Waals surface area (Å²) in [5, 5.41) is 12.5. The Hall–Kier alpha value is -1.06. The zero-order valence-electron chi connectivity index (χ0n) is 9.58. The molecule has 2 N–H and O–H groups in total. The number of hydrogen-bond acceptors (Lipinski definition) is 3. The lowest BCUT2D eigenvalue weighted by Gasteiger charge is -2.25. The van der Waals surface area contributed by atoms with Gasteiger partial charge in [0.1, 0.15) is 5.75 Å². The van der Waals surface area contributed by atoms with Crippen LogP contribution in [0, 0.1) is 0 Å². The molecule has 0 unspecified atom stereocenters. The van der Waals surface area contributed by atoms with Crippen molar-refractivity contribution in [3.63, 3.8) is 0 Å². The first kappa shape index (κ1) is 12.0. The fourth-order valence-electron chi connectivity index (χ4n) is 1.37. The van der Waals surface area contributed by atoms with Gasteiger partial charge in [0, 0.05) is 19.2 Å². The summed E-state index contributed by atoms with van der Waals surface area (Å²) in [7, 11) is 1.70. The number of hydrogen-bond donors (Lipinski definition) is 2. The second kappa shape index (κ2) is 5.14. The third kappa shape index (κ3) is 4.32. The van der Waals surface area contributed by atoms with Crippen LogP contribution in [0.25, 0.3) is 0 Å². The average molecular weight is 209 g/mol. The van der Waals surface area contributed by atoms with Crippen LogP contribution in [0.4, 0.5) is 0 Å². The van der Waals surface area contributed by atoms with Crippen LogP contribution < -0.4 is 5.32 Å². The molecule has 0 aromatic heterocycles. The Kier molecular flexibility index (Phi) is 4.12. The van der Waals surface area contributed by atoms with E-state index in [0.717, 1.165) is 12.1 Å². The maximum absolute atomic E-state index is 9.13. The number of rotatable bonds is 5. The Balaban J connectivity index is 2.46. The molecule has 0 saturated heterocycles. The minimum atomic E-state index is -0.0351. The molecule has 0 radical (unpaired) electrons. The van der Waals surface area contributed by atoms with Gasteiger partial charge in [-0.1, -0.05) is 12.1 Å². The number of aromatic hydroxyl groups is 1. The van der Waals surface area contributed by atoms with E-state index in [1.807, 2.05) is 12.1 Å². The molecule has 0 fully saturated rings. The molecule has 1 aromatic carbocycles. The SMILES string of the molecule is COCC(C)(C)NCc1ccc(O)cc1. The Labute approximate surface area is 91.1 Å². The van der Waals surface area contributed by atoms with Gasteiger partial charge in [0.05, 0.1) is 6.61 Å². The largest absolute Gasteiger partial charge is 0.508 e. The van der Waals surface area contributed by atoms with Gasteiger partial charge in [0.15, 0.2) is 0 Å². The molecular weight excluding hydrogens is 190 g/mol. The lowest BCUT2D eigenvalue weighted by atomic mass is 10.1. The number of benzene rings is 1. The summed E-state index contributed by atoms with van der Waals surface area (Å²) in [6, 6.07) is 7.21. The van der Waals surface area contributed by atoms with Crippen LogP contribution in [0.15, 0.2) is 24.3 Å². The van der Waals surface area contributed by atoms with Gasteiger partial charge in [-0.15, -0.1) is 0 Å². The summed E-state index contributed by atoms with van der Waals surface area (Å²) in [6.07, 6.45) is 0. The van der Waals surface area contributed by atoms with E-state index in [4.69, 9.17) is 9.84 Å². The van der Waals surface area contributed by atoms with Gasteiger partial charge in [0.25, 0.3) is 0 Å². The van der Waals surface area contributed by atoms with E-state index in [1.165, 1.54) is 0 Å². The summed E-state index contributed by atoms with van der Waals surface area (Å²) in [6.45, 7) is 5.63. The number of nitrogens with one attached hydrogen (secondary N) is 1. The zero-order valence-corrected chi connectivity index (χ0v) is 9.58. The van der Waals surface area contributed by atoms with E-state index in [9.17, 15) is 0 Å². The Morgan fingerprint density at radius 3 is 2.40 bits per heavy atom. The molecule has 0 heterocycles. The molecular formula is C12H19NO2. The topological polar surface area (TPSA) is 41.5 Å². The maximum Gasteiger partial charge on any atom is 0.115 e. The summed E-state index contributed by atoms with van der Waals surface area (Å²) in [5.74, 6) is 0.301. The summed E-state index contributed by atoms with van der Waals surface area (Å²) in [5.41, 5.74) is 1.11. The van der Waals surface area contributed by atoms with Gasteiger partial charge in [-0.3, -0.25) is 0 Å². The Morgan fingerprint density at radius 1 is 1.27 bits per heavy atom. The highest BCUT2D eigenvalue weighted by atomic mass is 16.5. The Bertz CT molecular complexity index is 293. The predicted octanol–water partition coefficient (Wildman–Crippen LogP) is 1.91. The van der Waals surface area contributed by atoms with Crippen LogP contribution in [-0.4, -0.2) is 24.4 Å². The highest BCUT2D eigenvalue weighted by Gasteiger charge is 2.15. The van der Waals surface area contributed by atoms with Gasteiger partial charge in [-0.25, -0.2) is 0 Å². The normalized spacial score (nSPS) is 11.7. The molecule has 84 valence electrons. The lowest BCUT2D eigenvalue weighted by Crippen LogP contribution is -2.42. The zero-order chi connectivity index (χ0) is 11.3. The van der Waals surface area contributed by atoms with Crippen LogP contribution in [0.5, 0.6) is 5.75 Å². The summed E-state index contributed by atoms with van der Waals surface area (Å²) >= 11 is 0. The van der Waals surface area contributed by atoms with Gasteiger partial charge < -0.3 is 15.2 Å². The van der Waals surface area contributed by atoms with Crippen molar-refractivity contribution in [3.8, 4) is 5.75 Å². The molecule has 0 spiro atoms. The highest BCUT2D eigenvalue weighted by molar-refractivity contribution is 5.25. The van der Waals surface area contributed by atoms with Crippen LogP contribution >= 0.6 is 0 Å². The van der Waals surface area contributed by atoms with E-state index in [-0.39, 0.29) is 5.54 Å². The van der Waals surface area contributed by atoms with Gasteiger partial charge in [0.2, 0.25) is 0 Å². The molecule has 0 atom stereocenters. The van der Waals surface area contributed by atoms with Crippen molar-refractivity contribution in [2.24, 2.45) is 0 Å². The molecule has 0 bridgehead atoms. The second-order valence-corrected chi connectivity index (χ2v) is 4.34. The molecule has 1 rings (SSSR count). The molecule has 15 heavy (non-hydrogen) atoms. The van der Waals surface area contributed by atoms with Crippen LogP contribution in [0.2, 0.25) is 0 Å². The number of phenols is 1. The fourth-order valence-corrected chi connectivity index (χ4v) is 1.37. The molecule has 3 nitrogen and oxygen atoms in total. The Morgan fingerprint density at radius 2 is 1.87 bits per heavy atom. The first-order valence-corrected chi connectivity index (χ1v) is 5.05. The first-order valence-electron chi connectivity index (χ1n) is 5.05. The van der Waals surface area contributed by atoms with Crippen LogP contribution in [0.1, 0.15) is 19.4 Å². The van der Waals surface area contributed by atoms with E-state index in [2.05, 4.69) is 19.2 Å². The van der Waals surface area contributed by atoms with Crippen molar-refractivity contribution in [2.75, 3.05) is 13.7 Å². The third-order valence-electron chi connectivity index (χ3n) is 2.21. The minimum Gasteiger partial charge on any atom is -0.508 e. The standard InChI is InChI=1S/C12H19NO2/c1-12(2,9-15-3)13-8-10-4-6-11(14)7-5-10/h4-7,13-14H,8-9H2,1-3H3. The third-order valence-corrected chi connectivity index (χ3v) is 2.21. The van der Waals surface area contributed by atoms with Crippen molar-refractivity contribution < 1.29 is 9.84 Å². The van der Waals surface area contributed by atoms with Crippen molar-refractivity contribution in [2.45, 2.75) is 25.9 Å². The van der Waals surface area contributed by atoms with Crippen molar-refractivity contribution in [1.82, 2.24) is 5.32 Å². The van der Waals surface area contributed by atoms with Gasteiger partial charge in [-0.05, 0) is 31.5 Å². The number of methoxy groups -OCH3 is 1. The molecule has 0 aliphatic carbocycles. The smallest absolute Gasteiger partial charge is 0.115 e. The predicted molar refractivity (Wildman–Crippen MR) is 60.9 cm³/mol. The van der Waals surface area contributed by atoms with Crippen LogP contribution in [0.3, 0.4) is 0 Å². The lowest BCUT2D eigenvalue weighted by molar-refractivity contribution is 0.128. The van der Waals surface area contributed by atoms with E-state index in [1.54, 1.807) is 19.2 Å². The van der Waals surface area contributed by atoms with Gasteiger partial charge >= 0.3 is 0 Å². The van der Waals surface area contributed by atoms with Crippen LogP contribution in [-0.2, 0) is 11.3 Å². The summed E-state index contributed by atoms with van der Waals surface area (Å²) < 4.78 is 5.11. The van der Waals surface area contributed by atoms with Crippen molar-refractivity contribution in [1.29, 1.82) is 0 Å². The molecule has 0 amide bonds. The van der Waals surface area contributed by atoms with Gasteiger partial charge in [-0.2, -0.15) is 0 Å². The van der Waals surface area contributed by atoms with Crippen molar-refractivity contribution in [3.05, 3.63) is 29.8 Å². The molecule has 0 aliphatic heterocycles. The van der Waals surface area contributed by atoms with E-state index < -0.39 is 0 Å². The maximum atomic E-state index is 9.13. The van der Waals surface area contributed by atoms with E-state index in [0.29, 0.717) is 12.4 Å². The quantitative estimate of drug-likeness (QED) is 0.778. The molecule has 1 aromatic rings. The molecule has 0 aliphatic rings. The minimum absolute atomic E-state index is 0.0351. The average Bonchev–Trinajstić information content (AvgIpc) is 2.17. The number of ether oxygens (including phenoxy) is 1. The van der Waals surface area contributed by atoms with E-state index >= 15 is 0 Å². The second-order valence-electron chi connectivity index (χ2n) is 4.34. The highest BCUT2D eigenvalue weighted by Crippen LogP contribution is 2.11.